The molecule has 0 unspecified atom stereocenters. The number of nitrogens with zero attached hydrogens (tertiary/aromatic N) is 1. The molecule has 0 radical (unpaired) electrons. The molecular weight excluding hydrogens is 479 g/mol. The molecule has 154 valence electrons. The highest BCUT2D eigenvalue weighted by Crippen LogP contribution is 2.19. The Morgan fingerprint density at radius 2 is 1.79 bits per heavy atom. The average molecular weight is 505 g/mol. The van der Waals surface area contributed by atoms with Crippen LogP contribution in [-0.2, 0) is 13.0 Å². The van der Waals surface area contributed by atoms with Gasteiger partial charge in [-0.05, 0) is 36.6 Å². The van der Waals surface area contributed by atoms with Crippen molar-refractivity contribution < 1.29 is 18.3 Å². The smallest absolute Gasteiger partial charge is 0.387 e. The number of methoxy groups -OCH3 is 1. The van der Waals surface area contributed by atoms with Gasteiger partial charge in [0.2, 0.25) is 0 Å². The molecule has 5 nitrogen and oxygen atoms in total. The first-order chi connectivity index (χ1) is 13.1. The minimum absolute atomic E-state index is 0. The van der Waals surface area contributed by atoms with Gasteiger partial charge in [-0.25, -0.2) is 0 Å². The van der Waals surface area contributed by atoms with Crippen LogP contribution in [0.2, 0.25) is 0 Å². The van der Waals surface area contributed by atoms with Gasteiger partial charge in [0.05, 0.1) is 7.11 Å². The largest absolute Gasteiger partial charge is 0.497 e. The van der Waals surface area contributed by atoms with Gasteiger partial charge in [-0.3, -0.25) is 4.99 Å². The van der Waals surface area contributed by atoms with Crippen molar-refractivity contribution in [3.8, 4) is 11.5 Å². The molecule has 0 spiro atoms. The number of nitrogens with one attached hydrogen (secondary N) is 2. The van der Waals surface area contributed by atoms with E-state index in [1.807, 2.05) is 24.3 Å². The Labute approximate surface area is 181 Å². The lowest BCUT2D eigenvalue weighted by Gasteiger charge is -2.14. The molecule has 0 saturated heterocycles. The molecule has 0 aliphatic rings. The van der Waals surface area contributed by atoms with Crippen LogP contribution in [-0.4, -0.2) is 33.3 Å². The second-order valence-electron chi connectivity index (χ2n) is 5.79. The van der Waals surface area contributed by atoms with Crippen LogP contribution in [0.4, 0.5) is 8.78 Å². The third-order valence-electron chi connectivity index (χ3n) is 3.95. The van der Waals surface area contributed by atoms with Crippen molar-refractivity contribution in [2.24, 2.45) is 4.99 Å². The second-order valence-corrected chi connectivity index (χ2v) is 5.79. The van der Waals surface area contributed by atoms with E-state index in [9.17, 15) is 8.78 Å². The number of aliphatic imine (C=N–C) groups is 1. The number of halogens is 3. The Balaban J connectivity index is 0.00000392. The number of hydrogen-bond donors (Lipinski definition) is 2. The van der Waals surface area contributed by atoms with Gasteiger partial charge in [0.1, 0.15) is 11.5 Å². The molecule has 2 N–H and O–H groups in total. The summed E-state index contributed by atoms with van der Waals surface area (Å²) in [7, 11) is 3.32. The quantitative estimate of drug-likeness (QED) is 0.232. The van der Waals surface area contributed by atoms with Crippen LogP contribution in [0.3, 0.4) is 0 Å². The third-order valence-corrected chi connectivity index (χ3v) is 3.95. The van der Waals surface area contributed by atoms with Crippen LogP contribution >= 0.6 is 24.0 Å². The zero-order chi connectivity index (χ0) is 19.5. The molecule has 0 bridgehead atoms. The summed E-state index contributed by atoms with van der Waals surface area (Å²) in [5.74, 6) is 1.61. The summed E-state index contributed by atoms with van der Waals surface area (Å²) in [5, 5.41) is 6.33. The number of benzene rings is 2. The highest BCUT2D eigenvalue weighted by Gasteiger charge is 2.09. The molecule has 0 aromatic heterocycles. The standard InChI is InChI=1S/C20H25F2N3O2.HI/c1-23-20(24-13-5-6-15-9-11-17(26-2)12-10-15)25-14-16-7-3-4-8-18(16)27-19(21)22;/h3-4,7-12,19H,5-6,13-14H2,1-2H3,(H2,23,24,25);1H. The molecular formula is C20H26F2IN3O2. The maximum atomic E-state index is 12.5. The minimum Gasteiger partial charge on any atom is -0.497 e. The highest BCUT2D eigenvalue weighted by molar-refractivity contribution is 14.0. The molecule has 0 heterocycles. The van der Waals surface area contributed by atoms with Gasteiger partial charge in [0.25, 0.3) is 0 Å². The van der Waals surface area contributed by atoms with Gasteiger partial charge in [-0.2, -0.15) is 8.78 Å². The Morgan fingerprint density at radius 1 is 1.07 bits per heavy atom. The summed E-state index contributed by atoms with van der Waals surface area (Å²) in [6.07, 6.45) is 1.86. The van der Waals surface area contributed by atoms with Crippen molar-refractivity contribution in [2.45, 2.75) is 26.0 Å². The van der Waals surface area contributed by atoms with Gasteiger partial charge >= 0.3 is 6.61 Å². The Morgan fingerprint density at radius 3 is 2.43 bits per heavy atom. The van der Waals surface area contributed by atoms with Crippen LogP contribution in [0.25, 0.3) is 0 Å². The Bertz CT molecular complexity index is 728. The van der Waals surface area contributed by atoms with Crippen molar-refractivity contribution in [1.29, 1.82) is 0 Å². The van der Waals surface area contributed by atoms with Gasteiger partial charge in [-0.1, -0.05) is 30.3 Å². The van der Waals surface area contributed by atoms with Crippen LogP contribution in [0, 0.1) is 0 Å². The second kappa shape index (κ2) is 13.1. The predicted octanol–water partition coefficient (Wildman–Crippen LogP) is 4.21. The molecule has 2 rings (SSSR count). The lowest BCUT2D eigenvalue weighted by molar-refractivity contribution is -0.0504. The summed E-state index contributed by atoms with van der Waals surface area (Å²) < 4.78 is 34.6. The maximum absolute atomic E-state index is 12.5. The van der Waals surface area contributed by atoms with Crippen molar-refractivity contribution in [1.82, 2.24) is 10.6 Å². The normalized spacial score (nSPS) is 11.0. The first-order valence-electron chi connectivity index (χ1n) is 8.72. The van der Waals surface area contributed by atoms with E-state index < -0.39 is 6.61 Å². The summed E-state index contributed by atoms with van der Waals surface area (Å²) in [6, 6.07) is 14.7. The van der Waals surface area contributed by atoms with E-state index in [1.54, 1.807) is 32.4 Å². The number of rotatable bonds is 9. The van der Waals surface area contributed by atoms with Crippen LogP contribution in [0.5, 0.6) is 11.5 Å². The highest BCUT2D eigenvalue weighted by atomic mass is 127. The summed E-state index contributed by atoms with van der Waals surface area (Å²) in [4.78, 5) is 4.15. The molecule has 0 aliphatic heterocycles. The average Bonchev–Trinajstić information content (AvgIpc) is 2.68. The Kier molecular flexibility index (Phi) is 11.2. The minimum atomic E-state index is -2.85. The van der Waals surface area contributed by atoms with Crippen LogP contribution in [0.1, 0.15) is 17.5 Å². The molecule has 8 heteroatoms. The molecule has 2 aromatic carbocycles. The number of hydrogen-bond acceptors (Lipinski definition) is 3. The SMILES string of the molecule is CN=C(NCCCc1ccc(OC)cc1)NCc1ccccc1OC(F)F.I. The van der Waals surface area contributed by atoms with E-state index in [0.29, 0.717) is 18.1 Å². The third kappa shape index (κ3) is 8.28. The summed E-state index contributed by atoms with van der Waals surface area (Å²) >= 11 is 0. The number of guanidine groups is 1. The number of alkyl halides is 2. The van der Waals surface area contributed by atoms with E-state index in [1.165, 1.54) is 11.6 Å². The van der Waals surface area contributed by atoms with Crippen LogP contribution < -0.4 is 20.1 Å². The molecule has 0 saturated carbocycles. The van der Waals surface area contributed by atoms with Gasteiger partial charge in [-0.15, -0.1) is 24.0 Å². The molecule has 0 atom stereocenters. The predicted molar refractivity (Wildman–Crippen MR) is 118 cm³/mol. The van der Waals surface area contributed by atoms with E-state index in [-0.39, 0.29) is 29.7 Å². The first kappa shape index (κ1) is 23.9. The van der Waals surface area contributed by atoms with Crippen molar-refractivity contribution >= 4 is 29.9 Å². The van der Waals surface area contributed by atoms with Gasteiger partial charge in [0.15, 0.2) is 5.96 Å². The van der Waals surface area contributed by atoms with Crippen molar-refractivity contribution in [3.63, 3.8) is 0 Å². The molecule has 0 aliphatic carbocycles. The topological polar surface area (TPSA) is 54.9 Å². The lowest BCUT2D eigenvalue weighted by atomic mass is 10.1. The number of para-hydroxylation sites is 1. The van der Waals surface area contributed by atoms with Crippen molar-refractivity contribution in [3.05, 3.63) is 59.7 Å². The fourth-order valence-electron chi connectivity index (χ4n) is 2.55. The van der Waals surface area contributed by atoms with E-state index in [4.69, 9.17) is 4.74 Å². The zero-order valence-corrected chi connectivity index (χ0v) is 18.3. The summed E-state index contributed by atoms with van der Waals surface area (Å²) in [5.41, 5.74) is 1.87. The molecule has 0 fully saturated rings. The summed E-state index contributed by atoms with van der Waals surface area (Å²) in [6.45, 7) is -1.77. The van der Waals surface area contributed by atoms with Crippen molar-refractivity contribution in [2.75, 3.05) is 20.7 Å². The fourth-order valence-corrected chi connectivity index (χ4v) is 2.55. The van der Waals surface area contributed by atoms with E-state index >= 15 is 0 Å². The molecule has 2 aromatic rings. The Hall–Kier alpha value is -2.10. The fraction of sp³-hybridized carbons (Fsp3) is 0.350. The maximum Gasteiger partial charge on any atom is 0.387 e. The first-order valence-corrected chi connectivity index (χ1v) is 8.72. The van der Waals surface area contributed by atoms with Gasteiger partial charge in [0, 0.05) is 25.7 Å². The molecule has 0 amide bonds. The number of aryl methyl sites for hydroxylation is 1. The van der Waals surface area contributed by atoms with E-state index in [0.717, 1.165) is 25.1 Å². The molecule has 28 heavy (non-hydrogen) atoms. The lowest BCUT2D eigenvalue weighted by Crippen LogP contribution is -2.37. The zero-order valence-electron chi connectivity index (χ0n) is 16.0. The monoisotopic (exact) mass is 505 g/mol. The van der Waals surface area contributed by atoms with Gasteiger partial charge < -0.3 is 20.1 Å². The number of ether oxygens (including phenoxy) is 2. The van der Waals surface area contributed by atoms with Crippen LogP contribution in [0.15, 0.2) is 53.5 Å². The van der Waals surface area contributed by atoms with E-state index in [2.05, 4.69) is 20.4 Å².